The van der Waals surface area contributed by atoms with Gasteiger partial charge < -0.3 is 14.3 Å². The van der Waals surface area contributed by atoms with Gasteiger partial charge in [0.15, 0.2) is 4.77 Å². The Hall–Kier alpha value is -0.840. The molecule has 0 aliphatic carbocycles. The number of halogens is 1. The summed E-state index contributed by atoms with van der Waals surface area (Å²) in [7, 11) is 0. The van der Waals surface area contributed by atoms with E-state index in [9.17, 15) is 0 Å². The van der Waals surface area contributed by atoms with Crippen molar-refractivity contribution in [2.75, 3.05) is 13.2 Å². The summed E-state index contributed by atoms with van der Waals surface area (Å²) in [5.41, 5.74) is 3.14. The Morgan fingerprint density at radius 3 is 2.94 bits per heavy atom. The number of ether oxygens (including phenoxy) is 1. The summed E-state index contributed by atoms with van der Waals surface area (Å²) in [6.45, 7) is 6.11. The molecular formula is C12H15ClN2OS. The Morgan fingerprint density at radius 2 is 2.24 bits per heavy atom. The van der Waals surface area contributed by atoms with Crippen molar-refractivity contribution in [1.82, 2.24) is 9.55 Å². The average Bonchev–Trinajstić information content (AvgIpc) is 2.62. The van der Waals surface area contributed by atoms with E-state index in [0.717, 1.165) is 34.8 Å². The van der Waals surface area contributed by atoms with E-state index in [1.54, 1.807) is 0 Å². The van der Waals surface area contributed by atoms with E-state index in [4.69, 9.17) is 28.6 Å². The van der Waals surface area contributed by atoms with Gasteiger partial charge in [-0.3, -0.25) is 0 Å². The lowest BCUT2D eigenvalue weighted by atomic mass is 10.2. The summed E-state index contributed by atoms with van der Waals surface area (Å²) < 4.78 is 8.12. The Kier molecular flexibility index (Phi) is 3.86. The summed E-state index contributed by atoms with van der Waals surface area (Å²) >= 11 is 11.5. The third-order valence-corrected chi connectivity index (χ3v) is 3.52. The number of nitrogens with zero attached hydrogens (tertiary/aromatic N) is 1. The fourth-order valence-electron chi connectivity index (χ4n) is 1.92. The zero-order valence-electron chi connectivity index (χ0n) is 9.92. The average molecular weight is 271 g/mol. The number of rotatable bonds is 4. The van der Waals surface area contributed by atoms with Crippen molar-refractivity contribution < 1.29 is 4.74 Å². The first-order valence-electron chi connectivity index (χ1n) is 5.60. The van der Waals surface area contributed by atoms with E-state index in [0.29, 0.717) is 11.4 Å². The topological polar surface area (TPSA) is 29.9 Å². The number of H-pyrrole nitrogens is 1. The molecule has 2 aromatic rings. The third-order valence-electron chi connectivity index (χ3n) is 2.78. The van der Waals surface area contributed by atoms with Gasteiger partial charge in [-0.05, 0) is 43.8 Å². The Morgan fingerprint density at radius 1 is 1.47 bits per heavy atom. The number of hydrogen-bond acceptors (Lipinski definition) is 2. The van der Waals surface area contributed by atoms with E-state index >= 15 is 0 Å². The van der Waals surface area contributed by atoms with Gasteiger partial charge in [-0.2, -0.15) is 0 Å². The zero-order chi connectivity index (χ0) is 12.4. The SMILES string of the molecule is CCOCCn1c(=S)[nH]c2ccc(Cl)c(C)c21. The number of benzene rings is 1. The molecule has 0 radical (unpaired) electrons. The predicted molar refractivity (Wildman–Crippen MR) is 73.4 cm³/mol. The molecule has 92 valence electrons. The van der Waals surface area contributed by atoms with Crippen LogP contribution in [0.2, 0.25) is 5.02 Å². The van der Waals surface area contributed by atoms with Crippen LogP contribution < -0.4 is 0 Å². The van der Waals surface area contributed by atoms with Crippen LogP contribution in [0.5, 0.6) is 0 Å². The lowest BCUT2D eigenvalue weighted by Crippen LogP contribution is -2.06. The van der Waals surface area contributed by atoms with Gasteiger partial charge in [-0.15, -0.1) is 0 Å². The van der Waals surface area contributed by atoms with Gasteiger partial charge in [-0.1, -0.05) is 11.6 Å². The van der Waals surface area contributed by atoms with Crippen LogP contribution in [-0.4, -0.2) is 22.8 Å². The van der Waals surface area contributed by atoms with E-state index in [1.165, 1.54) is 0 Å². The van der Waals surface area contributed by atoms with Crippen molar-refractivity contribution in [3.05, 3.63) is 27.5 Å². The third kappa shape index (κ3) is 2.39. The van der Waals surface area contributed by atoms with Crippen LogP contribution >= 0.6 is 23.8 Å². The Bertz CT molecular complexity index is 588. The van der Waals surface area contributed by atoms with Crippen LogP contribution in [0.1, 0.15) is 12.5 Å². The van der Waals surface area contributed by atoms with Gasteiger partial charge >= 0.3 is 0 Å². The number of aromatic nitrogens is 2. The van der Waals surface area contributed by atoms with Crippen molar-refractivity contribution in [3.8, 4) is 0 Å². The fraction of sp³-hybridized carbons (Fsp3) is 0.417. The molecule has 0 atom stereocenters. The quantitative estimate of drug-likeness (QED) is 0.678. The smallest absolute Gasteiger partial charge is 0.178 e. The molecule has 5 heteroatoms. The summed E-state index contributed by atoms with van der Waals surface area (Å²) in [5, 5.41) is 0.761. The lowest BCUT2D eigenvalue weighted by Gasteiger charge is -2.07. The Labute approximate surface area is 110 Å². The molecule has 0 aliphatic heterocycles. The predicted octanol–water partition coefficient (Wildman–Crippen LogP) is 3.70. The van der Waals surface area contributed by atoms with Gasteiger partial charge in [0.2, 0.25) is 0 Å². The second-order valence-electron chi connectivity index (χ2n) is 3.85. The monoisotopic (exact) mass is 270 g/mol. The number of imidazole rings is 1. The van der Waals surface area contributed by atoms with Crippen molar-refractivity contribution in [1.29, 1.82) is 0 Å². The molecular weight excluding hydrogens is 256 g/mol. The Balaban J connectivity index is 2.49. The van der Waals surface area contributed by atoms with Crippen LogP contribution in [-0.2, 0) is 11.3 Å². The van der Waals surface area contributed by atoms with E-state index < -0.39 is 0 Å². The minimum Gasteiger partial charge on any atom is -0.380 e. The van der Waals surface area contributed by atoms with Crippen LogP contribution in [0.4, 0.5) is 0 Å². The lowest BCUT2D eigenvalue weighted by molar-refractivity contribution is 0.139. The van der Waals surface area contributed by atoms with Gasteiger partial charge in [0, 0.05) is 18.2 Å². The van der Waals surface area contributed by atoms with Gasteiger partial charge in [0.25, 0.3) is 0 Å². The highest BCUT2D eigenvalue weighted by atomic mass is 35.5. The molecule has 0 saturated heterocycles. The van der Waals surface area contributed by atoms with Gasteiger partial charge in [0.05, 0.1) is 17.6 Å². The number of nitrogens with one attached hydrogen (secondary N) is 1. The highest BCUT2D eigenvalue weighted by Gasteiger charge is 2.09. The molecule has 0 fully saturated rings. The summed E-state index contributed by atoms with van der Waals surface area (Å²) in [4.78, 5) is 3.19. The molecule has 0 saturated carbocycles. The minimum atomic E-state index is 0.656. The maximum Gasteiger partial charge on any atom is 0.178 e. The van der Waals surface area contributed by atoms with Crippen LogP contribution in [0.15, 0.2) is 12.1 Å². The molecule has 1 aromatic carbocycles. The maximum atomic E-state index is 6.14. The molecule has 17 heavy (non-hydrogen) atoms. The van der Waals surface area contributed by atoms with Crippen molar-refractivity contribution in [2.45, 2.75) is 20.4 Å². The number of aromatic amines is 1. The summed E-state index contributed by atoms with van der Waals surface area (Å²) in [5.74, 6) is 0. The minimum absolute atomic E-state index is 0.656. The molecule has 2 rings (SSSR count). The highest BCUT2D eigenvalue weighted by molar-refractivity contribution is 7.71. The van der Waals surface area contributed by atoms with Crippen LogP contribution in [0.25, 0.3) is 11.0 Å². The summed E-state index contributed by atoms with van der Waals surface area (Å²) in [6, 6.07) is 3.84. The number of fused-ring (bicyclic) bond motifs is 1. The molecule has 0 amide bonds. The second-order valence-corrected chi connectivity index (χ2v) is 4.64. The zero-order valence-corrected chi connectivity index (χ0v) is 11.5. The molecule has 1 N–H and O–H groups in total. The van der Waals surface area contributed by atoms with E-state index in [-0.39, 0.29) is 0 Å². The maximum absolute atomic E-state index is 6.14. The number of aryl methyl sites for hydroxylation is 1. The standard InChI is InChI=1S/C12H15ClN2OS/c1-3-16-7-6-15-11-8(2)9(13)4-5-10(11)14-12(15)17/h4-5H,3,6-7H2,1-2H3,(H,14,17). The molecule has 0 spiro atoms. The largest absolute Gasteiger partial charge is 0.380 e. The first kappa shape index (κ1) is 12.6. The molecule has 0 aliphatic rings. The highest BCUT2D eigenvalue weighted by Crippen LogP contribution is 2.25. The first-order chi connectivity index (χ1) is 8.15. The van der Waals surface area contributed by atoms with Crippen molar-refractivity contribution in [2.24, 2.45) is 0 Å². The molecule has 0 bridgehead atoms. The first-order valence-corrected chi connectivity index (χ1v) is 6.39. The van der Waals surface area contributed by atoms with E-state index in [1.807, 2.05) is 30.5 Å². The van der Waals surface area contributed by atoms with E-state index in [2.05, 4.69) is 4.98 Å². The molecule has 1 heterocycles. The summed E-state index contributed by atoms with van der Waals surface area (Å²) in [6.07, 6.45) is 0. The van der Waals surface area contributed by atoms with Gasteiger partial charge in [-0.25, -0.2) is 0 Å². The van der Waals surface area contributed by atoms with Gasteiger partial charge in [0.1, 0.15) is 0 Å². The molecule has 3 nitrogen and oxygen atoms in total. The number of hydrogen-bond donors (Lipinski definition) is 1. The molecule has 0 unspecified atom stereocenters. The second kappa shape index (κ2) is 5.21. The van der Waals surface area contributed by atoms with Crippen molar-refractivity contribution in [3.63, 3.8) is 0 Å². The van der Waals surface area contributed by atoms with Crippen molar-refractivity contribution >= 4 is 34.9 Å². The normalized spacial score (nSPS) is 11.2. The van der Waals surface area contributed by atoms with Crippen LogP contribution in [0, 0.1) is 11.7 Å². The fourth-order valence-corrected chi connectivity index (χ4v) is 2.37. The molecule has 1 aromatic heterocycles. The van der Waals surface area contributed by atoms with Crippen LogP contribution in [0.3, 0.4) is 0 Å².